The van der Waals surface area contributed by atoms with Gasteiger partial charge in [0.05, 0.1) is 10.0 Å². The molecule has 0 aromatic carbocycles. The van der Waals surface area contributed by atoms with Gasteiger partial charge >= 0.3 is 29.6 Å². The van der Waals surface area contributed by atoms with E-state index in [1.165, 1.54) is 23.5 Å². The van der Waals surface area contributed by atoms with Crippen molar-refractivity contribution >= 4 is 46.2 Å². The number of allylic oxidation sites excluding steroid dienone is 2. The molecule has 0 spiro atoms. The summed E-state index contributed by atoms with van der Waals surface area (Å²) in [7, 11) is 0. The van der Waals surface area contributed by atoms with Crippen LogP contribution in [-0.4, -0.2) is 23.0 Å². The van der Waals surface area contributed by atoms with E-state index in [4.69, 9.17) is 16.4 Å². The summed E-state index contributed by atoms with van der Waals surface area (Å²) >= 11 is 9.23. The van der Waals surface area contributed by atoms with Crippen LogP contribution in [0.4, 0.5) is 0 Å². The summed E-state index contributed by atoms with van der Waals surface area (Å²) in [4.78, 5) is 18.8. The van der Waals surface area contributed by atoms with Crippen molar-refractivity contribution in [2.24, 2.45) is 17.0 Å². The second-order valence-electron chi connectivity index (χ2n) is 6.52. The third kappa shape index (κ3) is 5.76. The van der Waals surface area contributed by atoms with Gasteiger partial charge in [-0.3, -0.25) is 4.79 Å². The van der Waals surface area contributed by atoms with Crippen molar-refractivity contribution in [1.82, 2.24) is 0 Å². The fraction of sp³-hybridized carbons (Fsp3) is 0.556. The fourth-order valence-corrected chi connectivity index (χ4v) is 5.72. The van der Waals surface area contributed by atoms with E-state index >= 15 is 0 Å². The maximum atomic E-state index is 12.5. The molecule has 136 valence electrons. The third-order valence-electron chi connectivity index (χ3n) is 4.71. The average Bonchev–Trinajstić information content (AvgIpc) is 3.00. The Labute approximate surface area is 189 Å². The van der Waals surface area contributed by atoms with Crippen molar-refractivity contribution in [2.75, 3.05) is 11.5 Å². The number of oxime groups is 1. The van der Waals surface area contributed by atoms with Crippen LogP contribution in [0.1, 0.15) is 37.5 Å². The third-order valence-corrected chi connectivity index (χ3v) is 7.16. The van der Waals surface area contributed by atoms with E-state index < -0.39 is 0 Å². The van der Waals surface area contributed by atoms with Gasteiger partial charge in [0, 0.05) is 16.9 Å². The number of rotatable bonds is 5. The van der Waals surface area contributed by atoms with Crippen LogP contribution < -0.4 is 34.7 Å². The second-order valence-corrected chi connectivity index (χ2v) is 9.47. The molecule has 2 aliphatic rings. The summed E-state index contributed by atoms with van der Waals surface area (Å²) in [5.41, 5.74) is 0.609. The Hall–Kier alpha value is 0.0200. The van der Waals surface area contributed by atoms with Crippen LogP contribution in [0.15, 0.2) is 28.6 Å². The molecule has 3 rings (SSSR count). The molecule has 0 bridgehead atoms. The summed E-state index contributed by atoms with van der Waals surface area (Å²) in [5, 5.41) is 16.5. The van der Waals surface area contributed by atoms with Gasteiger partial charge in [0.2, 0.25) is 0 Å². The van der Waals surface area contributed by atoms with Gasteiger partial charge in [-0.2, -0.15) is 11.8 Å². The van der Waals surface area contributed by atoms with Crippen molar-refractivity contribution in [3.8, 4) is 0 Å². The number of nitrogens with zero attached hydrogens (tertiary/aromatic N) is 1. The van der Waals surface area contributed by atoms with Gasteiger partial charge in [0.15, 0.2) is 12.4 Å². The molecule has 1 aromatic heterocycles. The molecule has 0 radical (unpaired) electrons. The first-order valence-corrected chi connectivity index (χ1v) is 10.8. The summed E-state index contributed by atoms with van der Waals surface area (Å²) in [6.45, 7) is 1.95. The minimum atomic E-state index is -0.0826. The molecule has 0 amide bonds. The number of thioether (sulfide) groups is 1. The van der Waals surface area contributed by atoms with Crippen LogP contribution in [-0.2, 0) is 16.2 Å². The summed E-state index contributed by atoms with van der Waals surface area (Å²) in [5.74, 6) is 2.78. The topological polar surface area (TPSA) is 61.7 Å². The van der Waals surface area contributed by atoms with Crippen LogP contribution in [0.3, 0.4) is 0 Å². The first-order chi connectivity index (χ1) is 12.0. The van der Waals surface area contributed by atoms with E-state index in [9.17, 15) is 9.90 Å². The van der Waals surface area contributed by atoms with Crippen LogP contribution in [0, 0.1) is 11.8 Å². The largest absolute Gasteiger partial charge is 1.00 e. The van der Waals surface area contributed by atoms with E-state index in [-0.39, 0.29) is 59.2 Å². The van der Waals surface area contributed by atoms with E-state index in [0.29, 0.717) is 28.8 Å². The average molecular weight is 422 g/mol. The molecule has 4 nitrogen and oxygen atoms in total. The SMILES string of the molecule is C/C(=N/OCc1ccc(Cl)s1)C1=C([O-])CC(C2CCCSC2)CC1=O.[Na+]. The zero-order valence-electron chi connectivity index (χ0n) is 15.1. The first-order valence-electron chi connectivity index (χ1n) is 8.47. The number of carbonyl (C=O) groups is 1. The Morgan fingerprint density at radius 3 is 2.81 bits per heavy atom. The molecule has 1 aromatic rings. The molecule has 2 heterocycles. The number of hydrogen-bond acceptors (Lipinski definition) is 6. The number of ketones is 1. The summed E-state index contributed by atoms with van der Waals surface area (Å²) in [6.07, 6.45) is 3.23. The molecule has 2 unspecified atom stereocenters. The zero-order valence-corrected chi connectivity index (χ0v) is 19.5. The first kappa shape index (κ1) is 22.3. The van der Waals surface area contributed by atoms with Crippen LogP contribution >= 0.6 is 34.7 Å². The molecule has 1 aliphatic heterocycles. The van der Waals surface area contributed by atoms with Gasteiger partial charge in [-0.25, -0.2) is 0 Å². The molecule has 0 N–H and O–H groups in total. The smallest absolute Gasteiger partial charge is 0.875 e. The van der Waals surface area contributed by atoms with Gasteiger partial charge < -0.3 is 9.94 Å². The fourth-order valence-electron chi connectivity index (χ4n) is 3.45. The summed E-state index contributed by atoms with van der Waals surface area (Å²) < 4.78 is 0.693. The molecule has 1 aliphatic carbocycles. The predicted octanol–water partition coefficient (Wildman–Crippen LogP) is 1.03. The molecule has 2 atom stereocenters. The molecular weight excluding hydrogens is 401 g/mol. The Balaban J connectivity index is 0.00000243. The molecular formula is C18H21ClNNaO3S2. The van der Waals surface area contributed by atoms with Gasteiger partial charge in [0.25, 0.3) is 0 Å². The van der Waals surface area contributed by atoms with Gasteiger partial charge in [-0.1, -0.05) is 16.8 Å². The van der Waals surface area contributed by atoms with Crippen molar-refractivity contribution in [3.63, 3.8) is 0 Å². The van der Waals surface area contributed by atoms with E-state index in [2.05, 4.69) is 5.16 Å². The summed E-state index contributed by atoms with van der Waals surface area (Å²) in [6, 6.07) is 3.67. The normalized spacial score (nSPS) is 24.4. The van der Waals surface area contributed by atoms with Crippen molar-refractivity contribution in [2.45, 2.75) is 39.2 Å². The van der Waals surface area contributed by atoms with Crippen molar-refractivity contribution in [3.05, 3.63) is 32.7 Å². The molecule has 1 fully saturated rings. The van der Waals surface area contributed by atoms with Crippen LogP contribution in [0.2, 0.25) is 4.34 Å². The van der Waals surface area contributed by atoms with Crippen LogP contribution in [0.25, 0.3) is 0 Å². The Morgan fingerprint density at radius 2 is 2.19 bits per heavy atom. The second kappa shape index (κ2) is 10.5. The van der Waals surface area contributed by atoms with Gasteiger partial charge in [-0.05, 0) is 61.7 Å². The molecule has 8 heteroatoms. The van der Waals surface area contributed by atoms with Crippen LogP contribution in [0.5, 0.6) is 0 Å². The molecule has 26 heavy (non-hydrogen) atoms. The van der Waals surface area contributed by atoms with E-state index in [0.717, 1.165) is 17.1 Å². The number of carbonyl (C=O) groups excluding carboxylic acids is 1. The minimum absolute atomic E-state index is 0. The Morgan fingerprint density at radius 1 is 1.38 bits per heavy atom. The van der Waals surface area contributed by atoms with E-state index in [1.807, 2.05) is 17.8 Å². The monoisotopic (exact) mass is 421 g/mol. The maximum Gasteiger partial charge on any atom is 1.00 e. The standard InChI is InChI=1S/C18H22ClNO3S2.Na/c1-11(20-23-9-14-4-5-17(19)25-14)18-15(21)7-13(8-16(18)22)12-3-2-6-24-10-12;/h4-5,12-13,21H,2-3,6-10H2,1H3;/q;+1/p-1/b20-11-;. The predicted molar refractivity (Wildman–Crippen MR) is 102 cm³/mol. The molecule has 0 saturated carbocycles. The van der Waals surface area contributed by atoms with Gasteiger partial charge in [-0.15, -0.1) is 17.1 Å². The van der Waals surface area contributed by atoms with Gasteiger partial charge in [0.1, 0.15) is 0 Å². The Kier molecular flexibility index (Phi) is 9.04. The zero-order chi connectivity index (χ0) is 17.8. The molecule has 1 saturated heterocycles. The van der Waals surface area contributed by atoms with Crippen molar-refractivity contribution in [1.29, 1.82) is 0 Å². The number of halogens is 1. The quantitative estimate of drug-likeness (QED) is 0.405. The van der Waals surface area contributed by atoms with E-state index in [1.54, 1.807) is 13.0 Å². The van der Waals surface area contributed by atoms with Crippen molar-refractivity contribution < 1.29 is 44.3 Å². The number of Topliss-reactive ketones (excluding diaryl/α,β-unsaturated/α-hetero) is 1. The number of thiophene rings is 1. The number of hydrogen-bond donors (Lipinski definition) is 0. The maximum absolute atomic E-state index is 12.5. The Bertz CT molecular complexity index is 698. The minimum Gasteiger partial charge on any atom is -0.875 e.